The number of aliphatic imine (C=N–C) groups is 1. The van der Waals surface area contributed by atoms with Gasteiger partial charge in [0.15, 0.2) is 5.96 Å². The Balaban J connectivity index is 0.00000338. The van der Waals surface area contributed by atoms with Crippen LogP contribution in [-0.4, -0.2) is 50.8 Å². The van der Waals surface area contributed by atoms with Gasteiger partial charge in [-0.1, -0.05) is 0 Å². The van der Waals surface area contributed by atoms with Gasteiger partial charge in [0.1, 0.15) is 0 Å². The minimum absolute atomic E-state index is 0. The first-order valence-corrected chi connectivity index (χ1v) is 10.1. The molecule has 0 saturated carbocycles. The molecule has 0 aromatic carbocycles. The van der Waals surface area contributed by atoms with Crippen LogP contribution in [0.1, 0.15) is 39.5 Å². The quantitative estimate of drug-likeness (QED) is 0.191. The van der Waals surface area contributed by atoms with Gasteiger partial charge in [-0.25, -0.2) is 0 Å². The van der Waals surface area contributed by atoms with Crippen molar-refractivity contribution in [1.82, 2.24) is 10.6 Å². The van der Waals surface area contributed by atoms with E-state index in [0.717, 1.165) is 38.4 Å². The zero-order valence-corrected chi connectivity index (χ0v) is 18.8. The molecule has 0 aliphatic carbocycles. The molecule has 26 heavy (non-hydrogen) atoms. The van der Waals surface area contributed by atoms with Gasteiger partial charge < -0.3 is 20.3 Å². The first-order chi connectivity index (χ1) is 12.2. The summed E-state index contributed by atoms with van der Waals surface area (Å²) in [7, 11) is 0. The molecule has 0 bridgehead atoms. The summed E-state index contributed by atoms with van der Waals surface area (Å²) in [6, 6.07) is 4.74. The van der Waals surface area contributed by atoms with Crippen molar-refractivity contribution in [1.29, 1.82) is 0 Å². The molecular weight excluding hydrogens is 463 g/mol. The zero-order valence-electron chi connectivity index (χ0n) is 15.7. The van der Waals surface area contributed by atoms with Crippen LogP contribution in [0.2, 0.25) is 0 Å². The molecule has 6 nitrogen and oxygen atoms in total. The van der Waals surface area contributed by atoms with Crippen LogP contribution in [0.3, 0.4) is 0 Å². The van der Waals surface area contributed by atoms with E-state index >= 15 is 0 Å². The molecule has 1 saturated heterocycles. The predicted molar refractivity (Wildman–Crippen MR) is 120 cm³/mol. The fraction of sp³-hybridized carbons (Fsp3) is 0.667. The van der Waals surface area contributed by atoms with Gasteiger partial charge >= 0.3 is 5.97 Å². The summed E-state index contributed by atoms with van der Waals surface area (Å²) in [6.07, 6.45) is 3.35. The number of piperidine rings is 1. The molecule has 0 unspecified atom stereocenters. The maximum Gasteiger partial charge on any atom is 0.305 e. The summed E-state index contributed by atoms with van der Waals surface area (Å²) in [6.45, 7) is 7.93. The fourth-order valence-corrected chi connectivity index (χ4v) is 3.64. The van der Waals surface area contributed by atoms with Gasteiger partial charge in [0.05, 0.1) is 11.6 Å². The van der Waals surface area contributed by atoms with Crippen molar-refractivity contribution in [2.45, 2.75) is 45.6 Å². The lowest BCUT2D eigenvalue weighted by molar-refractivity contribution is -0.143. The van der Waals surface area contributed by atoms with Crippen LogP contribution >= 0.6 is 35.3 Å². The third-order valence-electron chi connectivity index (χ3n) is 4.11. The highest BCUT2D eigenvalue weighted by atomic mass is 127. The number of nitrogens with one attached hydrogen (secondary N) is 2. The summed E-state index contributed by atoms with van der Waals surface area (Å²) in [5, 5.41) is 10.3. The number of rotatable bonds is 8. The maximum atomic E-state index is 11.4. The number of thiophene rings is 1. The Labute approximate surface area is 177 Å². The van der Waals surface area contributed by atoms with Crippen molar-refractivity contribution < 1.29 is 9.53 Å². The number of hydrogen-bond donors (Lipinski definition) is 2. The normalized spacial score (nSPS) is 15.3. The number of carbonyl (C=O) groups excluding carboxylic acids is 1. The second-order valence-corrected chi connectivity index (χ2v) is 6.95. The SMILES string of the molecule is CCNC(=NCCCC(=O)OCC)NC1CCN(c2cccs2)CC1.I. The topological polar surface area (TPSA) is 66.0 Å². The van der Waals surface area contributed by atoms with Gasteiger partial charge in [0.2, 0.25) is 0 Å². The van der Waals surface area contributed by atoms with Crippen molar-refractivity contribution >= 4 is 52.2 Å². The van der Waals surface area contributed by atoms with E-state index in [1.165, 1.54) is 5.00 Å². The standard InChI is InChI=1S/C18H30N4O2S.HI/c1-3-19-18(20-11-5-8-17(23)24-4-2)21-15-9-12-22(13-10-15)16-7-6-14-25-16;/h6-7,14-15H,3-5,8-13H2,1-2H3,(H2,19,20,21);1H. The number of halogens is 1. The van der Waals surface area contributed by atoms with Crippen LogP contribution in [0.15, 0.2) is 22.5 Å². The Morgan fingerprint density at radius 3 is 2.77 bits per heavy atom. The van der Waals surface area contributed by atoms with Crippen molar-refractivity contribution in [3.63, 3.8) is 0 Å². The molecule has 148 valence electrons. The molecule has 8 heteroatoms. The van der Waals surface area contributed by atoms with Crippen molar-refractivity contribution in [3.8, 4) is 0 Å². The Hall–Kier alpha value is -1.03. The molecule has 2 N–H and O–H groups in total. The average Bonchev–Trinajstić information content (AvgIpc) is 3.14. The molecule has 2 heterocycles. The smallest absolute Gasteiger partial charge is 0.305 e. The highest BCUT2D eigenvalue weighted by Gasteiger charge is 2.20. The van der Waals surface area contributed by atoms with Crippen molar-refractivity contribution in [2.24, 2.45) is 4.99 Å². The summed E-state index contributed by atoms with van der Waals surface area (Å²) in [5.41, 5.74) is 0. The largest absolute Gasteiger partial charge is 0.466 e. The van der Waals surface area contributed by atoms with Crippen molar-refractivity contribution in [2.75, 3.05) is 37.7 Å². The number of carbonyl (C=O) groups is 1. The molecule has 1 aliphatic heterocycles. The first-order valence-electron chi connectivity index (χ1n) is 9.21. The molecular formula is C18H31IN4O2S. The van der Waals surface area contributed by atoms with E-state index in [9.17, 15) is 4.79 Å². The van der Waals surface area contributed by atoms with Crippen LogP contribution in [0.5, 0.6) is 0 Å². The summed E-state index contributed by atoms with van der Waals surface area (Å²) >= 11 is 1.80. The van der Waals surface area contributed by atoms with E-state index in [0.29, 0.717) is 32.0 Å². The number of hydrogen-bond acceptors (Lipinski definition) is 5. The second-order valence-electron chi connectivity index (χ2n) is 6.03. The monoisotopic (exact) mass is 494 g/mol. The maximum absolute atomic E-state index is 11.4. The van der Waals surface area contributed by atoms with Gasteiger partial charge in [-0.3, -0.25) is 9.79 Å². The van der Waals surface area contributed by atoms with E-state index < -0.39 is 0 Å². The summed E-state index contributed by atoms with van der Waals surface area (Å²) < 4.78 is 4.94. The van der Waals surface area contributed by atoms with E-state index in [-0.39, 0.29) is 29.9 Å². The fourth-order valence-electron chi connectivity index (χ4n) is 2.85. The number of esters is 1. The van der Waals surface area contributed by atoms with Crippen LogP contribution in [0.25, 0.3) is 0 Å². The Bertz CT molecular complexity index is 531. The molecule has 0 amide bonds. The van der Waals surface area contributed by atoms with E-state index in [1.807, 2.05) is 6.92 Å². The number of nitrogens with zero attached hydrogens (tertiary/aromatic N) is 2. The minimum atomic E-state index is -0.142. The second kappa shape index (κ2) is 13.2. The first kappa shape index (κ1) is 23.0. The Morgan fingerprint density at radius 2 is 2.15 bits per heavy atom. The summed E-state index contributed by atoms with van der Waals surface area (Å²) in [4.78, 5) is 18.4. The third kappa shape index (κ3) is 8.11. The summed E-state index contributed by atoms with van der Waals surface area (Å²) in [5.74, 6) is 0.706. The number of guanidine groups is 1. The zero-order chi connectivity index (χ0) is 17.9. The molecule has 1 aromatic heterocycles. The molecule has 1 aliphatic rings. The van der Waals surface area contributed by atoms with Crippen molar-refractivity contribution in [3.05, 3.63) is 17.5 Å². The molecule has 0 atom stereocenters. The van der Waals surface area contributed by atoms with Crippen LogP contribution in [0.4, 0.5) is 5.00 Å². The molecule has 2 rings (SSSR count). The van der Waals surface area contributed by atoms with E-state index in [1.54, 1.807) is 11.3 Å². The van der Waals surface area contributed by atoms with Crippen LogP contribution in [-0.2, 0) is 9.53 Å². The van der Waals surface area contributed by atoms with E-state index in [4.69, 9.17) is 4.74 Å². The lowest BCUT2D eigenvalue weighted by Gasteiger charge is -2.33. The van der Waals surface area contributed by atoms with Crippen LogP contribution < -0.4 is 15.5 Å². The minimum Gasteiger partial charge on any atom is -0.466 e. The van der Waals surface area contributed by atoms with Gasteiger partial charge in [-0.2, -0.15) is 0 Å². The molecule has 0 spiro atoms. The lowest BCUT2D eigenvalue weighted by Crippen LogP contribution is -2.48. The van der Waals surface area contributed by atoms with Gasteiger partial charge in [-0.05, 0) is 50.6 Å². The highest BCUT2D eigenvalue weighted by Crippen LogP contribution is 2.24. The average molecular weight is 494 g/mol. The third-order valence-corrected chi connectivity index (χ3v) is 5.04. The van der Waals surface area contributed by atoms with Crippen LogP contribution in [0, 0.1) is 0 Å². The molecule has 0 radical (unpaired) electrons. The van der Waals surface area contributed by atoms with Gasteiger partial charge in [-0.15, -0.1) is 35.3 Å². The Kier molecular flexibility index (Phi) is 11.7. The molecule has 1 fully saturated rings. The number of ether oxygens (including phenoxy) is 1. The predicted octanol–water partition coefficient (Wildman–Crippen LogP) is 3.23. The van der Waals surface area contributed by atoms with E-state index in [2.05, 4.69) is 45.0 Å². The number of anilines is 1. The molecule has 1 aromatic rings. The Morgan fingerprint density at radius 1 is 1.38 bits per heavy atom. The highest BCUT2D eigenvalue weighted by molar-refractivity contribution is 14.0. The van der Waals surface area contributed by atoms with Gasteiger partial charge in [0, 0.05) is 38.6 Å². The van der Waals surface area contributed by atoms with Gasteiger partial charge in [0.25, 0.3) is 0 Å². The lowest BCUT2D eigenvalue weighted by atomic mass is 10.1.